The molecule has 2 rings (SSSR count). The Morgan fingerprint density at radius 2 is 1.81 bits per heavy atom. The minimum absolute atomic E-state index is 0. The molecule has 7 heteroatoms. The second-order valence-electron chi connectivity index (χ2n) is 6.35. The van der Waals surface area contributed by atoms with Crippen LogP contribution in [-0.4, -0.2) is 53.7 Å². The van der Waals surface area contributed by atoms with Gasteiger partial charge in [0.2, 0.25) is 0 Å². The molecule has 1 N–H and O–H groups in total. The van der Waals surface area contributed by atoms with Crippen LogP contribution in [-0.2, 0) is 12.2 Å². The van der Waals surface area contributed by atoms with Crippen molar-refractivity contribution in [3.05, 3.63) is 76.4 Å². The van der Waals surface area contributed by atoms with Crippen LogP contribution < -0.4 is 22.1 Å². The summed E-state index contributed by atoms with van der Waals surface area (Å²) < 4.78 is 13.3. The van der Waals surface area contributed by atoms with Crippen LogP contribution in [0.25, 0.3) is 4.85 Å². The van der Waals surface area contributed by atoms with Crippen molar-refractivity contribution in [3.63, 3.8) is 0 Å². The Kier molecular flexibility index (Phi) is 11.3. The summed E-state index contributed by atoms with van der Waals surface area (Å²) in [7, 11) is 3.88. The molecular formula is C20H22BrFMgN2O2. The molecule has 0 aromatic heterocycles. The van der Waals surface area contributed by atoms with Crippen LogP contribution in [0, 0.1) is 12.4 Å². The molecular weight excluding hydrogens is 423 g/mol. The standard InChI is InChI=1S/C20H22FN2O2.BrH.Mg/c1-22-18-9-10-19(15(13-18)14-24)20(25,11-4-12-23(2)3)16-5-7-17(21)8-6-16;;/h5-10,13,24H,4,11-12,14H2,2-3H3;1H;/q-1;;+2/p-1. The minimum Gasteiger partial charge on any atom is -1.00 e. The van der Waals surface area contributed by atoms with Gasteiger partial charge in [-0.1, -0.05) is 53.5 Å². The molecule has 2 aromatic rings. The zero-order chi connectivity index (χ0) is 18.4. The zero-order valence-electron chi connectivity index (χ0n) is 15.6. The van der Waals surface area contributed by atoms with Crippen molar-refractivity contribution in [1.29, 1.82) is 0 Å². The average Bonchev–Trinajstić information content (AvgIpc) is 2.61. The normalized spacial score (nSPS) is 12.5. The number of hydrogen-bond donors (Lipinski definition) is 1. The molecule has 2 aromatic carbocycles. The molecule has 0 aliphatic carbocycles. The van der Waals surface area contributed by atoms with Crippen LogP contribution in [0.3, 0.4) is 0 Å². The van der Waals surface area contributed by atoms with Gasteiger partial charge in [0.1, 0.15) is 5.82 Å². The van der Waals surface area contributed by atoms with Crippen molar-refractivity contribution < 1.29 is 31.6 Å². The Labute approximate surface area is 186 Å². The maximum absolute atomic E-state index is 13.8. The quantitative estimate of drug-likeness (QED) is 0.459. The molecule has 0 amide bonds. The summed E-state index contributed by atoms with van der Waals surface area (Å²) in [6, 6.07) is 10.3. The SMILES string of the molecule is [Br-].[C-]#[N+]c1ccc(C([O-])(CCCN(C)C)c2ccc(F)cc2)c(CO)c1.[Mg+2]. The van der Waals surface area contributed by atoms with E-state index in [1.165, 1.54) is 24.3 Å². The summed E-state index contributed by atoms with van der Waals surface area (Å²) >= 11 is 0. The fourth-order valence-electron chi connectivity index (χ4n) is 2.97. The Morgan fingerprint density at radius 1 is 1.19 bits per heavy atom. The van der Waals surface area contributed by atoms with Crippen molar-refractivity contribution in [2.75, 3.05) is 20.6 Å². The van der Waals surface area contributed by atoms with E-state index in [1.54, 1.807) is 18.2 Å². The van der Waals surface area contributed by atoms with E-state index >= 15 is 0 Å². The molecule has 0 bridgehead atoms. The van der Waals surface area contributed by atoms with E-state index in [2.05, 4.69) is 4.85 Å². The number of halogens is 2. The second kappa shape index (κ2) is 11.7. The minimum atomic E-state index is -1.61. The third-order valence-electron chi connectivity index (χ3n) is 4.27. The summed E-state index contributed by atoms with van der Waals surface area (Å²) in [5.41, 5.74) is 0.105. The van der Waals surface area contributed by atoms with E-state index in [0.29, 0.717) is 35.2 Å². The van der Waals surface area contributed by atoms with Gasteiger partial charge in [-0.25, -0.2) is 9.24 Å². The molecule has 0 saturated carbocycles. The molecule has 4 nitrogen and oxygen atoms in total. The number of benzene rings is 2. The van der Waals surface area contributed by atoms with Crippen LogP contribution in [0.1, 0.15) is 29.5 Å². The van der Waals surface area contributed by atoms with E-state index in [0.717, 1.165) is 6.54 Å². The van der Waals surface area contributed by atoms with E-state index in [1.807, 2.05) is 19.0 Å². The fourth-order valence-corrected chi connectivity index (χ4v) is 2.97. The molecule has 140 valence electrons. The number of aliphatic hydroxyl groups excluding tert-OH is 1. The van der Waals surface area contributed by atoms with Gasteiger partial charge in [0.15, 0.2) is 5.69 Å². The Hall–Kier alpha value is -1.01. The zero-order valence-corrected chi connectivity index (χ0v) is 18.6. The van der Waals surface area contributed by atoms with E-state index in [4.69, 9.17) is 6.57 Å². The van der Waals surface area contributed by atoms with Crippen molar-refractivity contribution in [1.82, 2.24) is 4.90 Å². The first kappa shape index (κ1) is 26.0. The summed E-state index contributed by atoms with van der Waals surface area (Å²) in [6.45, 7) is 7.53. The Bertz CT molecular complexity index is 766. The van der Waals surface area contributed by atoms with Crippen LogP contribution in [0.2, 0.25) is 0 Å². The van der Waals surface area contributed by atoms with Gasteiger partial charge in [-0.15, -0.1) is 0 Å². The third-order valence-corrected chi connectivity index (χ3v) is 4.27. The fraction of sp³-hybridized carbons (Fsp3) is 0.350. The smallest absolute Gasteiger partial charge is 1.00 e. The van der Waals surface area contributed by atoms with E-state index in [-0.39, 0.29) is 46.6 Å². The molecule has 0 saturated heterocycles. The van der Waals surface area contributed by atoms with Crippen molar-refractivity contribution in [2.24, 2.45) is 0 Å². The molecule has 1 atom stereocenters. The van der Waals surface area contributed by atoms with E-state index < -0.39 is 11.4 Å². The second-order valence-corrected chi connectivity index (χ2v) is 6.35. The van der Waals surface area contributed by atoms with Crippen LogP contribution >= 0.6 is 0 Å². The first-order valence-corrected chi connectivity index (χ1v) is 8.13. The van der Waals surface area contributed by atoms with Gasteiger partial charge >= 0.3 is 23.1 Å². The molecule has 27 heavy (non-hydrogen) atoms. The largest absolute Gasteiger partial charge is 2.00 e. The van der Waals surface area contributed by atoms with Gasteiger partial charge in [-0.3, -0.25) is 0 Å². The summed E-state index contributed by atoms with van der Waals surface area (Å²) in [5.74, 6) is -0.398. The number of aliphatic hydroxyl groups is 1. The van der Waals surface area contributed by atoms with Crippen LogP contribution in [0.5, 0.6) is 0 Å². The molecule has 1 unspecified atom stereocenters. The molecule has 0 aliphatic heterocycles. The van der Waals surface area contributed by atoms with Gasteiger partial charge in [-0.05, 0) is 44.8 Å². The third kappa shape index (κ3) is 6.52. The summed E-state index contributed by atoms with van der Waals surface area (Å²) in [5, 5.41) is 23.5. The number of nitrogens with zero attached hydrogens (tertiary/aromatic N) is 2. The van der Waals surface area contributed by atoms with Crippen molar-refractivity contribution in [3.8, 4) is 0 Å². The van der Waals surface area contributed by atoms with Gasteiger partial charge in [0, 0.05) is 0 Å². The van der Waals surface area contributed by atoms with Crippen LogP contribution in [0.4, 0.5) is 10.1 Å². The maximum Gasteiger partial charge on any atom is 2.00 e. The monoisotopic (exact) mass is 444 g/mol. The summed E-state index contributed by atoms with van der Waals surface area (Å²) in [6.07, 6.45) is 0.963. The molecule has 0 spiro atoms. The van der Waals surface area contributed by atoms with E-state index in [9.17, 15) is 14.6 Å². The van der Waals surface area contributed by atoms with Gasteiger partial charge in [-0.2, -0.15) is 0 Å². The van der Waals surface area contributed by atoms with Gasteiger partial charge < -0.3 is 32.1 Å². The molecule has 0 fully saturated rings. The first-order chi connectivity index (χ1) is 11.9. The summed E-state index contributed by atoms with van der Waals surface area (Å²) in [4.78, 5) is 5.35. The predicted octanol–water partition coefficient (Wildman–Crippen LogP) is -0.562. The predicted molar refractivity (Wildman–Crippen MR) is 99.3 cm³/mol. The Balaban J connectivity index is 0.00000338. The number of rotatable bonds is 7. The molecule has 0 aliphatic rings. The number of hydrogen-bond acceptors (Lipinski definition) is 3. The molecule has 0 heterocycles. The maximum atomic E-state index is 13.8. The average molecular weight is 446 g/mol. The van der Waals surface area contributed by atoms with Crippen molar-refractivity contribution in [2.45, 2.75) is 25.0 Å². The Morgan fingerprint density at radius 3 is 2.33 bits per heavy atom. The molecule has 0 radical (unpaired) electrons. The van der Waals surface area contributed by atoms with Gasteiger partial charge in [0.05, 0.1) is 13.2 Å². The van der Waals surface area contributed by atoms with Crippen molar-refractivity contribution >= 4 is 28.7 Å². The van der Waals surface area contributed by atoms with Crippen LogP contribution in [0.15, 0.2) is 42.5 Å². The van der Waals surface area contributed by atoms with Gasteiger partial charge in [0.25, 0.3) is 0 Å². The topological polar surface area (TPSA) is 50.9 Å². The first-order valence-electron chi connectivity index (χ1n) is 8.13.